The van der Waals surface area contributed by atoms with Crippen LogP contribution in [0.5, 0.6) is 0 Å². The summed E-state index contributed by atoms with van der Waals surface area (Å²) in [6, 6.07) is 14.7. The fourth-order valence-electron chi connectivity index (χ4n) is 3.77. The monoisotopic (exact) mass is 504 g/mol. The second-order valence-electron chi connectivity index (χ2n) is 8.55. The van der Waals surface area contributed by atoms with Gasteiger partial charge in [-0.1, -0.05) is 41.9 Å². The Hall–Kier alpha value is -5.34. The van der Waals surface area contributed by atoms with Gasteiger partial charge >= 0.3 is 0 Å². The molecule has 0 heterocycles. The van der Waals surface area contributed by atoms with Gasteiger partial charge in [0.25, 0.3) is 0 Å². The van der Waals surface area contributed by atoms with Crippen LogP contribution in [0.15, 0.2) is 58.5 Å². The normalized spacial score (nSPS) is 9.74. The van der Waals surface area contributed by atoms with Gasteiger partial charge in [0, 0.05) is 33.4 Å². The zero-order valence-electron chi connectivity index (χ0n) is 21.2. The summed E-state index contributed by atoms with van der Waals surface area (Å²) in [4.78, 5) is 31.4. The van der Waals surface area contributed by atoms with Crippen molar-refractivity contribution in [2.45, 2.75) is 26.9 Å². The van der Waals surface area contributed by atoms with E-state index in [-0.39, 0.29) is 25.0 Å². The minimum atomic E-state index is -0.0106. The van der Waals surface area contributed by atoms with E-state index in [9.17, 15) is 9.59 Å². The average Bonchev–Trinajstić information content (AvgIpc) is 2.88. The molecule has 0 spiro atoms. The number of nitrogens with zero attached hydrogens (tertiary/aromatic N) is 2. The van der Waals surface area contributed by atoms with Crippen LogP contribution in [0.2, 0.25) is 0 Å². The number of carbonyl (C=O) groups excluding carboxylic acids is 2. The topological polar surface area (TPSA) is 163 Å². The fourth-order valence-corrected chi connectivity index (χ4v) is 3.77. The lowest BCUT2D eigenvalue weighted by atomic mass is 9.98. The van der Waals surface area contributed by atoms with E-state index >= 15 is 0 Å². The Labute approximate surface area is 221 Å². The average molecular weight is 505 g/mol. The Morgan fingerprint density at radius 2 is 1.11 bits per heavy atom. The first-order valence-corrected chi connectivity index (χ1v) is 11.6. The number of rotatable bonds is 6. The summed E-state index contributed by atoms with van der Waals surface area (Å²) >= 11 is 0. The molecule has 0 atom stereocenters. The zero-order chi connectivity index (χ0) is 27.7. The van der Waals surface area contributed by atoms with Crippen molar-refractivity contribution in [2.24, 2.45) is 32.9 Å². The number of nitrogens with two attached hydrogens (primary N) is 4. The van der Waals surface area contributed by atoms with E-state index in [4.69, 9.17) is 22.9 Å². The number of aryl methyl sites for hydroxylation is 2. The lowest BCUT2D eigenvalue weighted by Gasteiger charge is -2.06. The molecule has 0 saturated carbocycles. The van der Waals surface area contributed by atoms with Crippen molar-refractivity contribution in [1.29, 1.82) is 0 Å². The summed E-state index contributed by atoms with van der Waals surface area (Å²) in [6.07, 6.45) is 1.58. The van der Waals surface area contributed by atoms with Crippen LogP contribution >= 0.6 is 0 Å². The van der Waals surface area contributed by atoms with Crippen LogP contribution in [-0.2, 0) is 13.1 Å². The molecule has 0 fully saturated rings. The molecule has 0 aromatic heterocycles. The van der Waals surface area contributed by atoms with Gasteiger partial charge in [-0.2, -0.15) is 0 Å². The minimum Gasteiger partial charge on any atom is -0.370 e. The van der Waals surface area contributed by atoms with Crippen molar-refractivity contribution in [2.75, 3.05) is 0 Å². The number of hydrogen-bond donors (Lipinski definition) is 4. The van der Waals surface area contributed by atoms with Crippen LogP contribution in [0.1, 0.15) is 65.2 Å². The Kier molecular flexibility index (Phi) is 9.01. The molecule has 0 amide bonds. The number of aldehydes is 2. The molecule has 3 rings (SSSR count). The molecule has 0 radical (unpaired) electrons. The lowest BCUT2D eigenvalue weighted by molar-refractivity contribution is 0.111. The molecule has 3 aromatic carbocycles. The van der Waals surface area contributed by atoms with E-state index in [1.54, 1.807) is 12.1 Å². The van der Waals surface area contributed by atoms with Crippen molar-refractivity contribution in [3.05, 3.63) is 104 Å². The number of guanidine groups is 2. The van der Waals surface area contributed by atoms with Crippen LogP contribution in [0.3, 0.4) is 0 Å². The third kappa shape index (κ3) is 7.33. The molecule has 0 aliphatic rings. The molecule has 0 bridgehead atoms. The summed E-state index contributed by atoms with van der Waals surface area (Å²) < 4.78 is 0. The highest BCUT2D eigenvalue weighted by Crippen LogP contribution is 2.18. The van der Waals surface area contributed by atoms with Crippen molar-refractivity contribution < 1.29 is 9.59 Å². The second-order valence-corrected chi connectivity index (χ2v) is 8.55. The number of hydrogen-bond acceptors (Lipinski definition) is 4. The molecule has 0 unspecified atom stereocenters. The zero-order valence-corrected chi connectivity index (χ0v) is 21.2. The van der Waals surface area contributed by atoms with Crippen LogP contribution in [0, 0.1) is 37.5 Å². The number of benzene rings is 3. The van der Waals surface area contributed by atoms with Crippen molar-refractivity contribution >= 4 is 24.5 Å². The summed E-state index contributed by atoms with van der Waals surface area (Å²) in [5.41, 5.74) is 28.6. The predicted molar refractivity (Wildman–Crippen MR) is 151 cm³/mol. The first-order chi connectivity index (χ1) is 18.2. The molecule has 0 saturated heterocycles. The van der Waals surface area contributed by atoms with E-state index in [0.717, 1.165) is 34.8 Å². The van der Waals surface area contributed by atoms with Crippen LogP contribution < -0.4 is 22.9 Å². The number of carbonyl (C=O) groups is 2. The van der Waals surface area contributed by atoms with E-state index < -0.39 is 0 Å². The van der Waals surface area contributed by atoms with Gasteiger partial charge in [-0.25, -0.2) is 9.98 Å². The molecule has 38 heavy (non-hydrogen) atoms. The van der Waals surface area contributed by atoms with Gasteiger partial charge < -0.3 is 22.9 Å². The second kappa shape index (κ2) is 12.6. The number of aliphatic imine (C=N–C) groups is 2. The van der Waals surface area contributed by atoms with Crippen molar-refractivity contribution in [3.63, 3.8) is 0 Å². The first kappa shape index (κ1) is 27.3. The largest absolute Gasteiger partial charge is 0.370 e. The third-order valence-electron chi connectivity index (χ3n) is 5.56. The van der Waals surface area contributed by atoms with E-state index in [1.165, 1.54) is 0 Å². The van der Waals surface area contributed by atoms with E-state index in [1.807, 2.05) is 50.2 Å². The minimum absolute atomic E-state index is 0.0106. The van der Waals surface area contributed by atoms with E-state index in [0.29, 0.717) is 33.4 Å². The van der Waals surface area contributed by atoms with Crippen LogP contribution in [0.4, 0.5) is 0 Å². The quantitative estimate of drug-likeness (QED) is 0.174. The SMILES string of the molecule is Cc1cc(CN=C(N)N)cc(C#Cc2cccc(C#Cc3cc(CN=C(N)N)cc(C)c3C=O)c2)c1C=O. The summed E-state index contributed by atoms with van der Waals surface area (Å²) in [7, 11) is 0. The maximum atomic E-state index is 11.7. The van der Waals surface area contributed by atoms with Crippen LogP contribution in [-0.4, -0.2) is 24.5 Å². The molecule has 3 aromatic rings. The maximum Gasteiger partial charge on any atom is 0.186 e. The molecular formula is C30H28N6O2. The molecule has 8 heteroatoms. The molecular weight excluding hydrogens is 476 g/mol. The Morgan fingerprint density at radius 3 is 1.47 bits per heavy atom. The molecule has 8 N–H and O–H groups in total. The van der Waals surface area contributed by atoms with Gasteiger partial charge in [-0.15, -0.1) is 0 Å². The lowest BCUT2D eigenvalue weighted by Crippen LogP contribution is -2.22. The van der Waals surface area contributed by atoms with Crippen molar-refractivity contribution in [1.82, 2.24) is 0 Å². The highest BCUT2D eigenvalue weighted by Gasteiger charge is 2.07. The maximum absolute atomic E-state index is 11.7. The Morgan fingerprint density at radius 1 is 0.684 bits per heavy atom. The third-order valence-corrected chi connectivity index (χ3v) is 5.56. The smallest absolute Gasteiger partial charge is 0.186 e. The van der Waals surface area contributed by atoms with Gasteiger partial charge in [-0.3, -0.25) is 9.59 Å². The molecule has 8 nitrogen and oxygen atoms in total. The van der Waals surface area contributed by atoms with Gasteiger partial charge in [0.15, 0.2) is 24.5 Å². The molecule has 190 valence electrons. The van der Waals surface area contributed by atoms with Gasteiger partial charge in [-0.05, 0) is 66.4 Å². The van der Waals surface area contributed by atoms with Gasteiger partial charge in [0.2, 0.25) is 0 Å². The first-order valence-electron chi connectivity index (χ1n) is 11.6. The summed E-state index contributed by atoms with van der Waals surface area (Å²) in [6.45, 7) is 4.26. The molecule has 0 aliphatic heterocycles. The Bertz CT molecular complexity index is 1460. The van der Waals surface area contributed by atoms with Gasteiger partial charge in [0.05, 0.1) is 13.1 Å². The van der Waals surface area contributed by atoms with Gasteiger partial charge in [0.1, 0.15) is 0 Å². The highest BCUT2D eigenvalue weighted by molar-refractivity contribution is 5.83. The standard InChI is InChI=1S/C30H28N6O2/c1-19-10-23(15-35-29(31)32)13-25(27(19)17-37)8-6-21-4-3-5-22(12-21)7-9-26-14-24(16-36-30(33)34)11-20(2)28(26)18-38/h3-5,10-14,17-18H,15-16H2,1-2H3,(H4,31,32,35)(H4,33,34,36). The summed E-state index contributed by atoms with van der Waals surface area (Å²) in [5.74, 6) is 12.4. The fraction of sp³-hybridized carbons (Fsp3) is 0.133. The molecule has 0 aliphatic carbocycles. The van der Waals surface area contributed by atoms with E-state index in [2.05, 4.69) is 33.7 Å². The highest BCUT2D eigenvalue weighted by atomic mass is 16.1. The summed E-state index contributed by atoms with van der Waals surface area (Å²) in [5, 5.41) is 0. The Balaban J connectivity index is 1.95. The predicted octanol–water partition coefficient (Wildman–Crippen LogP) is 2.27. The van der Waals surface area contributed by atoms with Crippen LogP contribution in [0.25, 0.3) is 0 Å². The van der Waals surface area contributed by atoms with Crippen molar-refractivity contribution in [3.8, 4) is 23.7 Å².